The lowest BCUT2D eigenvalue weighted by Crippen LogP contribution is -2.22. The van der Waals surface area contributed by atoms with Crippen LogP contribution in [0.25, 0.3) is 11.3 Å². The Morgan fingerprint density at radius 3 is 2.80 bits per heavy atom. The van der Waals surface area contributed by atoms with Gasteiger partial charge in [0, 0.05) is 30.2 Å². The van der Waals surface area contributed by atoms with Gasteiger partial charge in [0.15, 0.2) is 0 Å². The largest absolute Gasteiger partial charge is 0.265 e. The molecule has 0 fully saturated rings. The number of nitrogens with zero attached hydrogens (tertiary/aromatic N) is 2. The molecule has 2 heterocycles. The van der Waals surface area contributed by atoms with Crippen LogP contribution in [0.2, 0.25) is 0 Å². The molecule has 0 saturated heterocycles. The average molecular weight is 376 g/mol. The van der Waals surface area contributed by atoms with Crippen LogP contribution in [0.1, 0.15) is 24.5 Å². The maximum Gasteiger partial charge on any atom is 0.250 e. The molecule has 0 atom stereocenters. The summed E-state index contributed by atoms with van der Waals surface area (Å²) in [6.07, 6.45) is 2.72. The minimum Gasteiger partial charge on any atom is -0.265 e. The summed E-state index contributed by atoms with van der Waals surface area (Å²) in [7, 11) is -3.53. The molecule has 0 amide bonds. The third-order valence-electron chi connectivity index (χ3n) is 4.00. The normalized spacial score (nSPS) is 11.8. The van der Waals surface area contributed by atoms with E-state index in [-0.39, 0.29) is 6.54 Å². The van der Waals surface area contributed by atoms with Crippen LogP contribution in [0, 0.1) is 6.92 Å². The van der Waals surface area contributed by atoms with E-state index in [0.717, 1.165) is 35.3 Å². The third kappa shape index (κ3) is 4.00. The Morgan fingerprint density at radius 2 is 2.04 bits per heavy atom. The highest BCUT2D eigenvalue weighted by Gasteiger charge is 2.18. The van der Waals surface area contributed by atoms with E-state index in [1.165, 1.54) is 11.3 Å². The minimum atomic E-state index is -3.53. The SMILES string of the molecule is CCCn1nccc1-c1csc(S(=O)(=O)NCc2ccccc2C)c1. The van der Waals surface area contributed by atoms with Gasteiger partial charge >= 0.3 is 0 Å². The molecular formula is C18H21N3O2S2. The van der Waals surface area contributed by atoms with Crippen LogP contribution < -0.4 is 4.72 Å². The van der Waals surface area contributed by atoms with Crippen molar-refractivity contribution in [2.24, 2.45) is 0 Å². The molecule has 2 aromatic heterocycles. The predicted molar refractivity (Wildman–Crippen MR) is 101 cm³/mol. The number of hydrogen-bond donors (Lipinski definition) is 1. The molecule has 1 N–H and O–H groups in total. The molecule has 25 heavy (non-hydrogen) atoms. The number of aryl methyl sites for hydroxylation is 2. The number of rotatable bonds is 7. The smallest absolute Gasteiger partial charge is 0.250 e. The van der Waals surface area contributed by atoms with E-state index in [1.807, 2.05) is 47.3 Å². The maximum absolute atomic E-state index is 12.6. The van der Waals surface area contributed by atoms with Crippen molar-refractivity contribution in [2.75, 3.05) is 0 Å². The Morgan fingerprint density at radius 1 is 1.24 bits per heavy atom. The molecule has 0 spiro atoms. The fraction of sp³-hybridized carbons (Fsp3) is 0.278. The minimum absolute atomic E-state index is 0.288. The van der Waals surface area contributed by atoms with Gasteiger partial charge in [-0.25, -0.2) is 13.1 Å². The van der Waals surface area contributed by atoms with Gasteiger partial charge in [0.05, 0.1) is 5.69 Å². The lowest BCUT2D eigenvalue weighted by molar-refractivity contribution is 0.583. The molecule has 0 bridgehead atoms. The van der Waals surface area contributed by atoms with E-state index < -0.39 is 10.0 Å². The summed E-state index contributed by atoms with van der Waals surface area (Å²) in [6, 6.07) is 11.4. The molecule has 0 radical (unpaired) electrons. The topological polar surface area (TPSA) is 64.0 Å². The summed E-state index contributed by atoms with van der Waals surface area (Å²) in [6.45, 7) is 5.16. The molecule has 7 heteroatoms. The second kappa shape index (κ2) is 7.51. The second-order valence-corrected chi connectivity index (χ2v) is 8.75. The van der Waals surface area contributed by atoms with Crippen LogP contribution in [0.4, 0.5) is 0 Å². The predicted octanol–water partition coefficient (Wildman–Crippen LogP) is 3.81. The standard InChI is InChI=1S/C18H21N3O2S2/c1-3-10-21-17(8-9-19-21)16-11-18(24-13-16)25(22,23)20-12-15-7-5-4-6-14(15)2/h4-9,11,13,20H,3,10,12H2,1-2H3. The monoisotopic (exact) mass is 375 g/mol. The van der Waals surface area contributed by atoms with E-state index in [2.05, 4.69) is 16.7 Å². The van der Waals surface area contributed by atoms with Gasteiger partial charge in [-0.2, -0.15) is 5.10 Å². The average Bonchev–Trinajstić information content (AvgIpc) is 3.23. The Kier molecular flexibility index (Phi) is 5.36. The number of benzene rings is 1. The fourth-order valence-electron chi connectivity index (χ4n) is 2.61. The van der Waals surface area contributed by atoms with E-state index >= 15 is 0 Å². The van der Waals surface area contributed by atoms with Crippen molar-refractivity contribution in [3.8, 4) is 11.3 Å². The van der Waals surface area contributed by atoms with E-state index in [1.54, 1.807) is 12.3 Å². The fourth-order valence-corrected chi connectivity index (χ4v) is 4.84. The third-order valence-corrected chi connectivity index (χ3v) is 6.84. The molecule has 0 saturated carbocycles. The van der Waals surface area contributed by atoms with Gasteiger partial charge in [0.1, 0.15) is 4.21 Å². The highest BCUT2D eigenvalue weighted by molar-refractivity contribution is 7.91. The zero-order chi connectivity index (χ0) is 17.9. The van der Waals surface area contributed by atoms with E-state index in [9.17, 15) is 8.42 Å². The van der Waals surface area contributed by atoms with Crippen LogP contribution in [0.5, 0.6) is 0 Å². The first-order valence-electron chi connectivity index (χ1n) is 8.16. The Bertz CT molecular complexity index is 958. The van der Waals surface area contributed by atoms with Crippen LogP contribution >= 0.6 is 11.3 Å². The molecule has 1 aromatic carbocycles. The number of sulfonamides is 1. The number of aromatic nitrogens is 2. The Balaban J connectivity index is 1.78. The van der Waals surface area contributed by atoms with Crippen molar-refractivity contribution in [1.29, 1.82) is 0 Å². The van der Waals surface area contributed by atoms with Gasteiger partial charge in [-0.1, -0.05) is 31.2 Å². The van der Waals surface area contributed by atoms with Crippen molar-refractivity contribution in [2.45, 2.75) is 37.6 Å². The molecule has 132 valence electrons. The summed E-state index contributed by atoms with van der Waals surface area (Å²) in [5.41, 5.74) is 3.87. The van der Waals surface area contributed by atoms with Crippen molar-refractivity contribution in [3.63, 3.8) is 0 Å². The number of hydrogen-bond acceptors (Lipinski definition) is 4. The van der Waals surface area contributed by atoms with Gasteiger partial charge in [0.2, 0.25) is 10.0 Å². The summed E-state index contributed by atoms with van der Waals surface area (Å²) in [5.74, 6) is 0. The quantitative estimate of drug-likeness (QED) is 0.683. The van der Waals surface area contributed by atoms with Crippen LogP contribution in [0.15, 0.2) is 52.2 Å². The number of nitrogens with one attached hydrogen (secondary N) is 1. The summed E-state index contributed by atoms with van der Waals surface area (Å²) >= 11 is 1.23. The van der Waals surface area contributed by atoms with Crippen molar-refractivity contribution in [3.05, 3.63) is 59.1 Å². The highest BCUT2D eigenvalue weighted by Crippen LogP contribution is 2.28. The highest BCUT2D eigenvalue weighted by atomic mass is 32.2. The molecule has 3 rings (SSSR count). The first kappa shape index (κ1) is 17.8. The van der Waals surface area contributed by atoms with Crippen molar-refractivity contribution < 1.29 is 8.42 Å². The van der Waals surface area contributed by atoms with Crippen molar-refractivity contribution >= 4 is 21.4 Å². The first-order chi connectivity index (χ1) is 12.0. The molecule has 0 aliphatic rings. The van der Waals surface area contributed by atoms with Crippen molar-refractivity contribution in [1.82, 2.24) is 14.5 Å². The van der Waals surface area contributed by atoms with Gasteiger partial charge in [0.25, 0.3) is 0 Å². The van der Waals surface area contributed by atoms with Crippen LogP contribution in [-0.2, 0) is 23.1 Å². The van der Waals surface area contributed by atoms with Gasteiger partial charge in [-0.05, 0) is 36.6 Å². The lowest BCUT2D eigenvalue weighted by Gasteiger charge is -2.07. The van der Waals surface area contributed by atoms with Crippen LogP contribution in [-0.4, -0.2) is 18.2 Å². The molecule has 0 aliphatic carbocycles. The van der Waals surface area contributed by atoms with E-state index in [4.69, 9.17) is 0 Å². The molecule has 5 nitrogen and oxygen atoms in total. The summed E-state index contributed by atoms with van der Waals surface area (Å²) in [5, 5.41) is 6.16. The summed E-state index contributed by atoms with van der Waals surface area (Å²) in [4.78, 5) is 0. The Labute approximate surface area is 152 Å². The summed E-state index contributed by atoms with van der Waals surface area (Å²) < 4.78 is 30.1. The molecule has 0 aliphatic heterocycles. The van der Waals surface area contributed by atoms with E-state index in [0.29, 0.717) is 4.21 Å². The van der Waals surface area contributed by atoms with Gasteiger partial charge < -0.3 is 0 Å². The van der Waals surface area contributed by atoms with Gasteiger partial charge in [-0.15, -0.1) is 11.3 Å². The second-order valence-electron chi connectivity index (χ2n) is 5.85. The first-order valence-corrected chi connectivity index (χ1v) is 10.5. The molecule has 0 unspecified atom stereocenters. The molecular weight excluding hydrogens is 354 g/mol. The molecule has 3 aromatic rings. The maximum atomic E-state index is 12.6. The van der Waals surface area contributed by atoms with Gasteiger partial charge in [-0.3, -0.25) is 4.68 Å². The lowest BCUT2D eigenvalue weighted by atomic mass is 10.1. The zero-order valence-corrected chi connectivity index (χ0v) is 15.9. The van der Waals surface area contributed by atoms with Crippen LogP contribution in [0.3, 0.4) is 0 Å². The zero-order valence-electron chi connectivity index (χ0n) is 14.3. The Hall–Kier alpha value is -1.96. The number of thiophene rings is 1.